The molecule has 0 saturated carbocycles. The topological polar surface area (TPSA) is 300 Å². The van der Waals surface area contributed by atoms with Crippen molar-refractivity contribution >= 4 is 158 Å². The monoisotopic (exact) mass is 2030 g/mol. The number of aromatic amines is 3. The summed E-state index contributed by atoms with van der Waals surface area (Å²) in [4.78, 5) is 152. The number of hydrogen-bond acceptors (Lipinski definition) is 19. The molecule has 15 aromatic rings. The number of piperazine rings is 3. The first-order chi connectivity index (χ1) is 69.7. The lowest BCUT2D eigenvalue weighted by Gasteiger charge is -2.52. The molecule has 0 bridgehead atoms. The van der Waals surface area contributed by atoms with Gasteiger partial charge in [0.1, 0.15) is 40.6 Å². The third kappa shape index (κ3) is 16.5. The molecule has 6 aromatic carbocycles. The van der Waals surface area contributed by atoms with E-state index in [2.05, 4.69) is 93.4 Å². The van der Waals surface area contributed by atoms with Crippen LogP contribution in [0.5, 0.6) is 0 Å². The summed E-state index contributed by atoms with van der Waals surface area (Å²) in [6, 6.07) is 19.6. The van der Waals surface area contributed by atoms with Crippen molar-refractivity contribution in [2.24, 2.45) is 0 Å². The van der Waals surface area contributed by atoms with Gasteiger partial charge in [-0.25, -0.2) is 28.1 Å². The Bertz CT molecular complexity index is 8220. The van der Waals surface area contributed by atoms with Crippen molar-refractivity contribution in [2.45, 2.75) is 164 Å². The van der Waals surface area contributed by atoms with Crippen molar-refractivity contribution in [2.75, 3.05) is 116 Å². The first-order valence-electron chi connectivity index (χ1n) is 49.2. The van der Waals surface area contributed by atoms with Crippen molar-refractivity contribution in [3.05, 3.63) is 262 Å². The zero-order chi connectivity index (χ0) is 104. The number of H-pyrrole nitrogens is 3. The Kier molecular flexibility index (Phi) is 26.6. The van der Waals surface area contributed by atoms with E-state index in [0.717, 1.165) is 68.8 Å². The molecule has 4 amide bonds. The summed E-state index contributed by atoms with van der Waals surface area (Å²) in [6.45, 7) is 45.0. The lowest BCUT2D eigenvalue weighted by molar-refractivity contribution is -0.131. The third-order valence-corrected chi connectivity index (χ3v) is 30.8. The molecule has 9 aromatic heterocycles. The highest BCUT2D eigenvalue weighted by Crippen LogP contribution is 2.54. The van der Waals surface area contributed by atoms with Gasteiger partial charge in [-0.05, 0) is 213 Å². The number of fused-ring (bicyclic) bond motifs is 18. The van der Waals surface area contributed by atoms with Gasteiger partial charge in [-0.3, -0.25) is 62.2 Å². The Morgan fingerprint density at radius 2 is 0.781 bits per heavy atom. The number of imidazole rings is 3. The summed E-state index contributed by atoms with van der Waals surface area (Å²) in [7, 11) is 5.93. The molecule has 3 saturated heterocycles. The van der Waals surface area contributed by atoms with E-state index in [1.807, 2.05) is 174 Å². The maximum absolute atomic E-state index is 17.2. The molecule has 6 aliphatic heterocycles. The summed E-state index contributed by atoms with van der Waals surface area (Å²) in [5, 5.41) is 4.49. The number of nitrogens with zero attached hydrogens (tertiary/aromatic N) is 18. The number of carbonyl (C=O) groups is 4. The predicted octanol–water partition coefficient (Wildman–Crippen LogP) is 19.3. The van der Waals surface area contributed by atoms with Crippen LogP contribution in [0.25, 0.3) is 116 Å². The average Bonchev–Trinajstić information content (AvgIpc) is 0.947. The number of carbonyl (C=O) groups excluding carboxylic acids is 4. The second-order valence-electron chi connectivity index (χ2n) is 40.5. The summed E-state index contributed by atoms with van der Waals surface area (Å²) in [5.74, 6) is -2.77. The first-order valence-corrected chi connectivity index (χ1v) is 50.3. The number of aryl methyl sites for hydroxylation is 6. The van der Waals surface area contributed by atoms with E-state index in [4.69, 9.17) is 44.8 Å². The molecule has 0 radical (unpaired) electrons. The fraction of sp³-hybridized carbons (Fsp3) is 0.342. The highest BCUT2D eigenvalue weighted by atomic mass is 35.5. The number of likely N-dealkylation sites (N-methyl/N-ethyl adjacent to an activating group) is 1. The third-order valence-electron chi connectivity index (χ3n) is 29.7. The molecule has 6 atom stereocenters. The molecule has 29 nitrogen and oxygen atoms in total. The minimum absolute atomic E-state index is 0.0138. The van der Waals surface area contributed by atoms with Crippen LogP contribution in [0.4, 0.5) is 47.3 Å². The largest absolute Gasteiger partial charge is 0.366 e. The summed E-state index contributed by atoms with van der Waals surface area (Å²) >= 11 is 22.4. The van der Waals surface area contributed by atoms with Gasteiger partial charge in [0, 0.05) is 146 Å². The van der Waals surface area contributed by atoms with Crippen LogP contribution in [0.3, 0.4) is 0 Å². The molecule has 6 aliphatic rings. The number of benzene rings is 6. The minimum atomic E-state index is -0.825. The highest BCUT2D eigenvalue weighted by molar-refractivity contribution is 6.41. The number of nitrogens with one attached hydrogen (secondary N) is 4. The molecule has 754 valence electrons. The molecule has 3 fully saturated rings. The van der Waals surface area contributed by atoms with Gasteiger partial charge in [-0.1, -0.05) is 114 Å². The summed E-state index contributed by atoms with van der Waals surface area (Å²) in [5.41, 5.74) is 17.5. The molecule has 146 heavy (non-hydrogen) atoms. The fourth-order valence-corrected chi connectivity index (χ4v) is 23.9. The molecule has 15 heterocycles. The fourth-order valence-electron chi connectivity index (χ4n) is 22.8. The second kappa shape index (κ2) is 38.8. The van der Waals surface area contributed by atoms with Crippen LogP contribution >= 0.6 is 34.8 Å². The molecule has 6 unspecified atom stereocenters. The molecule has 4 N–H and O–H groups in total. The Hall–Kier alpha value is -14.5. The Labute approximate surface area is 857 Å². The van der Waals surface area contributed by atoms with Crippen LogP contribution in [0.1, 0.15) is 137 Å². The van der Waals surface area contributed by atoms with Crippen LogP contribution in [-0.4, -0.2) is 225 Å². The normalized spacial score (nSPS) is 17.6. The molecule has 0 spiro atoms. The van der Waals surface area contributed by atoms with Gasteiger partial charge in [0.2, 0.25) is 23.6 Å². The highest BCUT2D eigenvalue weighted by Gasteiger charge is 2.48. The van der Waals surface area contributed by atoms with E-state index < -0.39 is 35.0 Å². The van der Waals surface area contributed by atoms with E-state index in [1.165, 1.54) is 34.9 Å². The van der Waals surface area contributed by atoms with E-state index in [1.54, 1.807) is 68.6 Å². The summed E-state index contributed by atoms with van der Waals surface area (Å²) < 4.78 is 55.6. The zero-order valence-electron chi connectivity index (χ0n) is 84.9. The van der Waals surface area contributed by atoms with Gasteiger partial charge >= 0.3 is 0 Å². The molecule has 0 aliphatic carbocycles. The van der Waals surface area contributed by atoms with Gasteiger partial charge in [0.15, 0.2) is 0 Å². The van der Waals surface area contributed by atoms with E-state index in [0.29, 0.717) is 163 Å². The quantitative estimate of drug-likeness (QED) is 0.0653. The Morgan fingerprint density at radius 1 is 0.432 bits per heavy atom. The van der Waals surface area contributed by atoms with Crippen LogP contribution in [-0.2, 0) is 19.2 Å². The summed E-state index contributed by atoms with van der Waals surface area (Å²) in [6.07, 6.45) is 14.6. The number of halogens is 6. The van der Waals surface area contributed by atoms with Crippen molar-refractivity contribution in [3.8, 4) is 50.4 Å². The van der Waals surface area contributed by atoms with Crippen molar-refractivity contribution in [3.63, 3.8) is 0 Å². The van der Waals surface area contributed by atoms with Gasteiger partial charge in [0.25, 0.3) is 16.7 Å². The van der Waals surface area contributed by atoms with Crippen molar-refractivity contribution in [1.82, 2.24) is 78.2 Å². The lowest BCUT2D eigenvalue weighted by Crippen LogP contribution is -2.64. The SMILES string of the molecule is C=CC(=O)N1CC2C(=O)Nc3c(c4cc(F)c(-c5c(C)ccc6[nH]cnc56)c(Cl)c4n(-c4c(C)ccnc4C(C)C)c3=O)N2CC1C.C=CC(=O)N1CC2CN(C)c3c(c4cc(F)c(-c5c(C)ccc6[nH]cnc56)c(Cl)c4n(-c4c(C)ccnc4C(C)C)c3=O)N2CC1C.C=CC(=O)N1CC2CN(CCCN(C)C)c3c(c4cc(F)c(-c5c(C)ccc6[nH]cnc56)c(Cl)c4n(-c4c(C)ccnc4C(C)C)c3=O)N2CC1C. The second-order valence-corrected chi connectivity index (χ2v) is 41.6. The minimum Gasteiger partial charge on any atom is -0.366 e. The van der Waals surface area contributed by atoms with Crippen LogP contribution < -0.4 is 46.5 Å². The standard InChI is InChI=1S/C40H46ClFN8O2.C36H37ClFN7O2.C35H33ClFN7O3/c1-9-30(51)48-20-26-19-47(16-10-15-46(7)8)39-38(49(26)18-25(48)6)27-17-28(42)32(31-23(4)11-12-29-35(31)45-21-44-29)33(41)37(27)50(40(39)52)36-24(5)13-14-43-34(36)22(2)3;1-8-26(46)43-16-22-15-42(7)35-34(44(22)14-21(43)6)23-13-24(38)28(27-19(4)9-10-25-31(27)41-17-40-25)29(37)33(23)45(36(35)47)32-20(5)11-12-39-30(32)18(2)3;1-7-24(45)42-14-23-34(46)41-30-33(43(23)13-19(42)6)20-12-21(37)26(25-17(4)8-9-22-29(25)40-15-39-22)27(36)32(20)44(35(30)47)31-18(5)10-11-38-28(31)16(2)3/h9,11-14,17,21-22,25-26H,1,10,15-16,18-20H2,2-8H3,(H,44,45);8-13,17-18,21-22H,1,14-16H2,2-7H3,(H,40,41);7-12,15-16,19,23H,1,13-14H2,2-6H3,(H,39,40)(H,41,46). The first kappa shape index (κ1) is 100. The maximum atomic E-state index is 17.2. The lowest BCUT2D eigenvalue weighted by atomic mass is 9.93. The maximum Gasteiger partial charge on any atom is 0.281 e. The van der Waals surface area contributed by atoms with Gasteiger partial charge in [0.05, 0.1) is 154 Å². The van der Waals surface area contributed by atoms with Crippen LogP contribution in [0, 0.1) is 59.0 Å². The molecular formula is C111H116Cl3F3N22O7. The van der Waals surface area contributed by atoms with Gasteiger partial charge in [-0.2, -0.15) is 0 Å². The Morgan fingerprint density at radius 3 is 1.16 bits per heavy atom. The number of amides is 4. The molecular weight excluding hydrogens is 1920 g/mol. The van der Waals surface area contributed by atoms with Crippen LogP contribution in [0.2, 0.25) is 15.1 Å². The number of rotatable bonds is 16. The number of pyridine rings is 6. The number of hydrogen-bond donors (Lipinski definition) is 4. The zero-order valence-corrected chi connectivity index (χ0v) is 87.2. The molecule has 21 rings (SSSR count). The average molecular weight is 2030 g/mol. The van der Waals surface area contributed by atoms with Crippen LogP contribution in [0.15, 0.2) is 163 Å². The van der Waals surface area contributed by atoms with E-state index in [9.17, 15) is 24.0 Å². The van der Waals surface area contributed by atoms with Crippen molar-refractivity contribution < 1.29 is 32.3 Å². The van der Waals surface area contributed by atoms with E-state index >= 15 is 22.8 Å². The number of anilines is 6. The smallest absolute Gasteiger partial charge is 0.281 e. The van der Waals surface area contributed by atoms with Gasteiger partial charge in [-0.15, -0.1) is 0 Å². The predicted molar refractivity (Wildman–Crippen MR) is 578 cm³/mol. The Balaban J connectivity index is 0.000000138. The van der Waals surface area contributed by atoms with Crippen molar-refractivity contribution in [1.29, 1.82) is 0 Å². The molecule has 35 heteroatoms. The van der Waals surface area contributed by atoms with Gasteiger partial charge < -0.3 is 64.4 Å². The number of aromatic nitrogens is 12. The van der Waals surface area contributed by atoms with E-state index in [-0.39, 0.29) is 133 Å².